The lowest BCUT2D eigenvalue weighted by atomic mass is 10.3. The van der Waals surface area contributed by atoms with E-state index in [1.54, 1.807) is 7.11 Å². The number of aliphatic hydroxyl groups is 1. The largest absolute Gasteiger partial charge is 0.395 e. The Kier molecular flexibility index (Phi) is 4.90. The highest BCUT2D eigenvalue weighted by Crippen LogP contribution is 2.11. The van der Waals surface area contributed by atoms with Crippen LogP contribution >= 0.6 is 0 Å². The summed E-state index contributed by atoms with van der Waals surface area (Å²) in [5.74, 6) is 0. The molecule has 0 unspecified atom stereocenters. The summed E-state index contributed by atoms with van der Waals surface area (Å²) < 4.78 is 7.18. The molecule has 0 aliphatic carbocycles. The van der Waals surface area contributed by atoms with Gasteiger partial charge in [-0.05, 0) is 24.6 Å². The third-order valence-corrected chi connectivity index (χ3v) is 3.16. The van der Waals surface area contributed by atoms with Crippen molar-refractivity contribution in [3.05, 3.63) is 35.8 Å². The summed E-state index contributed by atoms with van der Waals surface area (Å²) in [4.78, 5) is 6.58. The van der Waals surface area contributed by atoms with Gasteiger partial charge in [-0.1, -0.05) is 0 Å². The number of aliphatic hydroxyl groups excluding tert-OH is 1. The van der Waals surface area contributed by atoms with Gasteiger partial charge in [0.25, 0.3) is 0 Å². The van der Waals surface area contributed by atoms with Gasteiger partial charge in [0.1, 0.15) is 5.65 Å². The maximum Gasteiger partial charge on any atom is 0.137 e. The van der Waals surface area contributed by atoms with Crippen LogP contribution in [0.25, 0.3) is 5.65 Å². The number of rotatable bonds is 7. The molecular formula is C14H21N3O2. The fourth-order valence-electron chi connectivity index (χ4n) is 2.11. The van der Waals surface area contributed by atoms with E-state index in [4.69, 9.17) is 9.84 Å². The van der Waals surface area contributed by atoms with Crippen LogP contribution in [-0.2, 0) is 11.3 Å². The first-order chi connectivity index (χ1) is 9.24. The Bertz CT molecular complexity index is 524. The van der Waals surface area contributed by atoms with Gasteiger partial charge in [0.2, 0.25) is 0 Å². The molecule has 0 aliphatic rings. The first kappa shape index (κ1) is 14.0. The summed E-state index contributed by atoms with van der Waals surface area (Å²) in [5.41, 5.74) is 3.29. The third kappa shape index (κ3) is 3.53. The lowest BCUT2D eigenvalue weighted by molar-refractivity contribution is 0.126. The van der Waals surface area contributed by atoms with E-state index in [9.17, 15) is 0 Å². The number of nitrogens with zero attached hydrogens (tertiary/aromatic N) is 3. The number of pyridine rings is 1. The summed E-state index contributed by atoms with van der Waals surface area (Å²) in [6.45, 7) is 5.08. The molecule has 104 valence electrons. The number of methoxy groups -OCH3 is 1. The molecule has 0 aromatic carbocycles. The minimum absolute atomic E-state index is 0.152. The fourth-order valence-corrected chi connectivity index (χ4v) is 2.11. The van der Waals surface area contributed by atoms with Gasteiger partial charge < -0.3 is 14.2 Å². The van der Waals surface area contributed by atoms with Crippen LogP contribution in [0.5, 0.6) is 0 Å². The second-order valence-electron chi connectivity index (χ2n) is 4.67. The van der Waals surface area contributed by atoms with E-state index in [1.165, 1.54) is 5.56 Å². The average Bonchev–Trinajstić information content (AvgIpc) is 2.78. The number of ether oxygens (including phenoxy) is 1. The van der Waals surface area contributed by atoms with Crippen LogP contribution in [-0.4, -0.2) is 52.8 Å². The number of aromatic nitrogens is 2. The molecule has 5 heteroatoms. The molecule has 0 saturated carbocycles. The lowest BCUT2D eigenvalue weighted by Crippen LogP contribution is -2.30. The van der Waals surface area contributed by atoms with E-state index in [1.807, 2.05) is 12.4 Å². The molecule has 2 heterocycles. The van der Waals surface area contributed by atoms with Crippen molar-refractivity contribution in [1.29, 1.82) is 0 Å². The van der Waals surface area contributed by atoms with Gasteiger partial charge in [0, 0.05) is 32.9 Å². The molecular weight excluding hydrogens is 242 g/mol. The maximum atomic E-state index is 9.11. The molecule has 0 saturated heterocycles. The predicted octanol–water partition coefficient (Wildman–Crippen LogP) is 1.08. The number of imidazole rings is 1. The molecule has 2 aromatic heterocycles. The van der Waals surface area contributed by atoms with E-state index < -0.39 is 0 Å². The summed E-state index contributed by atoms with van der Waals surface area (Å²) in [6, 6.07) is 4.14. The molecule has 1 N–H and O–H groups in total. The Balaban J connectivity index is 2.14. The van der Waals surface area contributed by atoms with Crippen molar-refractivity contribution in [1.82, 2.24) is 14.3 Å². The maximum absolute atomic E-state index is 9.11. The molecule has 0 spiro atoms. The Morgan fingerprint density at radius 3 is 3.00 bits per heavy atom. The van der Waals surface area contributed by atoms with E-state index in [0.29, 0.717) is 13.2 Å². The molecule has 19 heavy (non-hydrogen) atoms. The Hall–Kier alpha value is -1.43. The van der Waals surface area contributed by atoms with Gasteiger partial charge in [-0.15, -0.1) is 0 Å². The third-order valence-electron chi connectivity index (χ3n) is 3.16. The van der Waals surface area contributed by atoms with Gasteiger partial charge in [-0.25, -0.2) is 4.98 Å². The first-order valence-electron chi connectivity index (χ1n) is 6.49. The van der Waals surface area contributed by atoms with Crippen LogP contribution in [0.1, 0.15) is 11.3 Å². The van der Waals surface area contributed by atoms with Gasteiger partial charge in [0.05, 0.1) is 25.1 Å². The SMILES string of the molecule is COCCN(CCO)Cc1cnc2cc(C)ccn12. The number of hydrogen-bond donors (Lipinski definition) is 1. The van der Waals surface area contributed by atoms with Crippen LogP contribution in [0, 0.1) is 6.92 Å². The van der Waals surface area contributed by atoms with Crippen molar-refractivity contribution in [2.75, 3.05) is 33.4 Å². The zero-order chi connectivity index (χ0) is 13.7. The Labute approximate surface area is 113 Å². The standard InChI is InChI=1S/C14H21N3O2/c1-12-3-4-17-13(10-15-14(17)9-12)11-16(5-7-18)6-8-19-2/h3-4,9-10,18H,5-8,11H2,1-2H3. The predicted molar refractivity (Wildman–Crippen MR) is 74.2 cm³/mol. The van der Waals surface area contributed by atoms with Crippen molar-refractivity contribution < 1.29 is 9.84 Å². The zero-order valence-electron chi connectivity index (χ0n) is 11.5. The minimum Gasteiger partial charge on any atom is -0.395 e. The van der Waals surface area contributed by atoms with Gasteiger partial charge in [0.15, 0.2) is 0 Å². The molecule has 0 aliphatic heterocycles. The van der Waals surface area contributed by atoms with Crippen molar-refractivity contribution in [3.8, 4) is 0 Å². The second-order valence-corrected chi connectivity index (χ2v) is 4.67. The molecule has 2 aromatic rings. The van der Waals surface area contributed by atoms with Crippen LogP contribution in [0.4, 0.5) is 0 Å². The highest BCUT2D eigenvalue weighted by atomic mass is 16.5. The summed E-state index contributed by atoms with van der Waals surface area (Å²) in [6.07, 6.45) is 3.94. The number of hydrogen-bond acceptors (Lipinski definition) is 4. The Morgan fingerprint density at radius 1 is 1.42 bits per heavy atom. The monoisotopic (exact) mass is 263 g/mol. The molecule has 0 atom stereocenters. The molecule has 2 rings (SSSR count). The highest BCUT2D eigenvalue weighted by molar-refractivity contribution is 5.42. The molecule has 0 fully saturated rings. The van der Waals surface area contributed by atoms with Crippen molar-refractivity contribution in [3.63, 3.8) is 0 Å². The van der Waals surface area contributed by atoms with Crippen molar-refractivity contribution in [2.24, 2.45) is 0 Å². The smallest absolute Gasteiger partial charge is 0.137 e. The highest BCUT2D eigenvalue weighted by Gasteiger charge is 2.09. The van der Waals surface area contributed by atoms with Crippen molar-refractivity contribution in [2.45, 2.75) is 13.5 Å². The zero-order valence-corrected chi connectivity index (χ0v) is 11.5. The summed E-state index contributed by atoms with van der Waals surface area (Å²) in [5, 5.41) is 9.11. The quantitative estimate of drug-likeness (QED) is 0.812. The second kappa shape index (κ2) is 6.65. The Morgan fingerprint density at radius 2 is 2.26 bits per heavy atom. The van der Waals surface area contributed by atoms with E-state index in [2.05, 4.69) is 33.3 Å². The minimum atomic E-state index is 0.152. The molecule has 0 amide bonds. The van der Waals surface area contributed by atoms with Gasteiger partial charge in [-0.2, -0.15) is 0 Å². The van der Waals surface area contributed by atoms with Crippen molar-refractivity contribution >= 4 is 5.65 Å². The van der Waals surface area contributed by atoms with E-state index in [0.717, 1.165) is 24.4 Å². The van der Waals surface area contributed by atoms with Crippen LogP contribution in [0.15, 0.2) is 24.5 Å². The number of aryl methyl sites for hydroxylation is 1. The number of fused-ring (bicyclic) bond motifs is 1. The van der Waals surface area contributed by atoms with Crippen LogP contribution in [0.2, 0.25) is 0 Å². The van der Waals surface area contributed by atoms with Gasteiger partial charge >= 0.3 is 0 Å². The lowest BCUT2D eigenvalue weighted by Gasteiger charge is -2.20. The van der Waals surface area contributed by atoms with Crippen LogP contribution in [0.3, 0.4) is 0 Å². The van der Waals surface area contributed by atoms with Gasteiger partial charge in [-0.3, -0.25) is 4.90 Å². The normalized spacial score (nSPS) is 11.6. The first-order valence-corrected chi connectivity index (χ1v) is 6.49. The van der Waals surface area contributed by atoms with E-state index >= 15 is 0 Å². The van der Waals surface area contributed by atoms with Crippen LogP contribution < -0.4 is 0 Å². The fraction of sp³-hybridized carbons (Fsp3) is 0.500. The summed E-state index contributed by atoms with van der Waals surface area (Å²) >= 11 is 0. The molecule has 5 nitrogen and oxygen atoms in total. The summed E-state index contributed by atoms with van der Waals surface area (Å²) in [7, 11) is 1.69. The average molecular weight is 263 g/mol. The van der Waals surface area contributed by atoms with E-state index in [-0.39, 0.29) is 6.61 Å². The molecule has 0 radical (unpaired) electrons. The topological polar surface area (TPSA) is 50.0 Å². The molecule has 0 bridgehead atoms.